The Morgan fingerprint density at radius 1 is 0.867 bits per heavy atom. The van der Waals surface area contributed by atoms with Crippen LogP contribution in [0.25, 0.3) is 0 Å². The van der Waals surface area contributed by atoms with Gasteiger partial charge in [0.2, 0.25) is 5.79 Å². The number of rotatable bonds is 7. The fourth-order valence-electron chi connectivity index (χ4n) is 12.0. The number of nitrogens with zero attached hydrogens (tertiary/aromatic N) is 2. The number of allylic oxidation sites excluding steroid dienone is 1. The molecule has 1 aromatic carbocycles. The SMILES string of the molecule is C=C1[C@H](C)C[C@H](C)C2C=C[C@H](/C=C(\C)[C@@H](OC)C[C@@H]3CC[C@@H](C)[C@@](O)(O3)C(=O)C(=O)N3CCCC[C@H]3C(=O)O[C@H]([C@H](C)C[C@@H]3CC[C@@H](O)[C@H](OC)C3)CC(=O)[C@H](C)/C=C(\C)[C@@H](O)[C@H]1OC)ON2c1c(Cl)cccc1Cl. The van der Waals surface area contributed by atoms with Crippen LogP contribution in [0.1, 0.15) is 126 Å². The first-order chi connectivity index (χ1) is 35.5. The molecule has 5 heterocycles. The molecular formula is C58H84Cl2N2O13. The largest absolute Gasteiger partial charge is 0.460 e. The molecule has 0 spiro atoms. The molecule has 1 amide bonds. The van der Waals surface area contributed by atoms with Crippen molar-refractivity contribution in [2.24, 2.45) is 35.5 Å². The Kier molecular flexibility index (Phi) is 21.8. The Balaban J connectivity index is 1.37. The highest BCUT2D eigenvalue weighted by Gasteiger charge is 2.53. The fraction of sp³-hybridized carbons (Fsp3) is 0.690. The van der Waals surface area contributed by atoms with E-state index in [0.717, 1.165) is 12.0 Å². The first-order valence-corrected chi connectivity index (χ1v) is 27.9. The van der Waals surface area contributed by atoms with Gasteiger partial charge in [-0.3, -0.25) is 19.2 Å². The number of carbonyl (C=O) groups excluding carboxylic acids is 4. The van der Waals surface area contributed by atoms with Crippen LogP contribution < -0.4 is 5.06 Å². The molecule has 15 nitrogen and oxygen atoms in total. The number of methoxy groups -OCH3 is 3. The molecule has 6 aliphatic rings. The number of benzene rings is 1. The number of carbonyl (C=O) groups is 4. The Hall–Kier alpha value is -3.48. The van der Waals surface area contributed by atoms with E-state index >= 15 is 0 Å². The summed E-state index contributed by atoms with van der Waals surface area (Å²) in [6, 6.07) is 3.76. The molecule has 5 aliphatic heterocycles. The van der Waals surface area contributed by atoms with Crippen LogP contribution in [0.15, 0.2) is 65.8 Å². The number of amides is 1. The van der Waals surface area contributed by atoms with Gasteiger partial charge in [-0.2, -0.15) is 0 Å². The summed E-state index contributed by atoms with van der Waals surface area (Å²) in [6.07, 6.45) is 7.25. The monoisotopic (exact) mass is 1090 g/mol. The van der Waals surface area contributed by atoms with Crippen LogP contribution in [0, 0.1) is 35.5 Å². The van der Waals surface area contributed by atoms with Crippen molar-refractivity contribution in [3.05, 3.63) is 75.8 Å². The van der Waals surface area contributed by atoms with Crippen molar-refractivity contribution in [3.8, 4) is 0 Å². The number of piperidine rings is 1. The van der Waals surface area contributed by atoms with Gasteiger partial charge in [0, 0.05) is 52.6 Å². The predicted molar refractivity (Wildman–Crippen MR) is 288 cm³/mol. The van der Waals surface area contributed by atoms with Gasteiger partial charge < -0.3 is 43.9 Å². The van der Waals surface area contributed by atoms with E-state index in [1.54, 1.807) is 64.3 Å². The number of ketones is 2. The zero-order valence-corrected chi connectivity index (χ0v) is 47.3. The molecule has 7 rings (SSSR count). The number of aliphatic hydroxyl groups is 3. The smallest absolute Gasteiger partial charge is 0.329 e. The van der Waals surface area contributed by atoms with Gasteiger partial charge in [-0.1, -0.05) is 88.7 Å². The van der Waals surface area contributed by atoms with Crippen molar-refractivity contribution in [2.75, 3.05) is 32.9 Å². The first kappa shape index (κ1) is 60.7. The van der Waals surface area contributed by atoms with Gasteiger partial charge in [-0.25, -0.2) is 9.86 Å². The molecule has 3 fully saturated rings. The highest BCUT2D eigenvalue weighted by molar-refractivity contribution is 6.39. The molecule has 75 heavy (non-hydrogen) atoms. The topological polar surface area (TPSA) is 191 Å². The Bertz CT molecular complexity index is 2250. The van der Waals surface area contributed by atoms with Crippen molar-refractivity contribution in [3.63, 3.8) is 0 Å². The lowest BCUT2D eigenvalue weighted by Crippen LogP contribution is -2.61. The lowest BCUT2D eigenvalue weighted by molar-refractivity contribution is -0.265. The third-order valence-corrected chi connectivity index (χ3v) is 17.5. The normalized spacial score (nSPS) is 38.5. The summed E-state index contributed by atoms with van der Waals surface area (Å²) in [7, 11) is 4.66. The minimum Gasteiger partial charge on any atom is -0.460 e. The summed E-state index contributed by atoms with van der Waals surface area (Å²) in [4.78, 5) is 65.8. The summed E-state index contributed by atoms with van der Waals surface area (Å²) in [5, 5.41) is 37.2. The maximum absolute atomic E-state index is 14.5. The van der Waals surface area contributed by atoms with Crippen LogP contribution in [-0.4, -0.2) is 138 Å². The van der Waals surface area contributed by atoms with E-state index in [4.69, 9.17) is 51.7 Å². The quantitative estimate of drug-likeness (QED) is 0.133. The molecule has 3 N–H and O–H groups in total. The van der Waals surface area contributed by atoms with Crippen molar-refractivity contribution in [2.45, 2.75) is 192 Å². The molecule has 17 atom stereocenters. The van der Waals surface area contributed by atoms with Gasteiger partial charge in [-0.05, 0) is 137 Å². The van der Waals surface area contributed by atoms with Gasteiger partial charge in [0.25, 0.3) is 11.7 Å². The summed E-state index contributed by atoms with van der Waals surface area (Å²) in [6.45, 7) is 17.6. The number of aliphatic hydroxyl groups excluding tert-OH is 2. The number of hydroxylamine groups is 1. The lowest BCUT2D eigenvalue weighted by Gasteiger charge is -2.43. The minimum atomic E-state index is -2.49. The standard InChI is InChI=1S/C58H84Cl2N2O13/c1-32-25-33(2)45-22-21-42(75-62(45)52-43(59)15-14-16-44(52)60)28-36(5)49(70-9)30-41-20-18-38(7)58(69,74-41)55(66)56(67)61-24-13-12-17-46(61)57(68)73-50(35(4)27-40-19-23-47(63)51(29-40)71-10)31-48(64)34(3)26-37(6)53(65)54(72-11)39(32)8/h14-16,21-22,26,28,32-35,38,40-42,45-47,49-51,53-54,63,65,69H,8,12-13,17-20,23-25,27,29-31H2,1-7,9-11H3/b36-28+,37-26+/t32-,33+,34-,35-,38-,40+,41+,42-,45?,46+,47-,49+,50+,51-,53-,54+,58-/m1/s1. The van der Waals surface area contributed by atoms with E-state index in [0.29, 0.717) is 78.2 Å². The van der Waals surface area contributed by atoms with Gasteiger partial charge in [0.1, 0.15) is 41.9 Å². The van der Waals surface area contributed by atoms with Crippen LogP contribution in [0.2, 0.25) is 10.0 Å². The van der Waals surface area contributed by atoms with Crippen LogP contribution in [0.4, 0.5) is 5.69 Å². The van der Waals surface area contributed by atoms with Crippen LogP contribution in [0.5, 0.6) is 0 Å². The van der Waals surface area contributed by atoms with E-state index in [-0.39, 0.29) is 67.4 Å². The average Bonchev–Trinajstić information content (AvgIpc) is 3.38. The number of hydrogen-bond acceptors (Lipinski definition) is 14. The molecule has 1 unspecified atom stereocenters. The number of fused-ring (bicyclic) bond motifs is 16. The van der Waals surface area contributed by atoms with Crippen molar-refractivity contribution < 1.29 is 63.0 Å². The number of anilines is 1. The van der Waals surface area contributed by atoms with Gasteiger partial charge in [0.15, 0.2) is 0 Å². The molecule has 1 aliphatic carbocycles. The van der Waals surface area contributed by atoms with Gasteiger partial charge in [-0.15, -0.1) is 0 Å². The zero-order valence-electron chi connectivity index (χ0n) is 45.8. The number of Topliss-reactive ketones (excluding diaryl/α,β-unsaturated/α-hetero) is 2. The van der Waals surface area contributed by atoms with Gasteiger partial charge in [0.05, 0.1) is 40.5 Å². The number of para-hydroxylation sites is 1. The van der Waals surface area contributed by atoms with Crippen molar-refractivity contribution in [1.29, 1.82) is 0 Å². The van der Waals surface area contributed by atoms with Crippen LogP contribution in [0.3, 0.4) is 0 Å². The van der Waals surface area contributed by atoms with E-state index in [9.17, 15) is 34.5 Å². The third-order valence-electron chi connectivity index (χ3n) is 16.9. The molecule has 0 radical (unpaired) electrons. The second kappa shape index (κ2) is 26.9. The Morgan fingerprint density at radius 2 is 1.57 bits per heavy atom. The summed E-state index contributed by atoms with van der Waals surface area (Å²) < 4.78 is 30.2. The summed E-state index contributed by atoms with van der Waals surface area (Å²) in [5.74, 6) is -7.62. The average molecular weight is 1090 g/mol. The minimum absolute atomic E-state index is 0.0739. The number of ether oxygens (including phenoxy) is 5. The molecule has 17 heteroatoms. The van der Waals surface area contributed by atoms with E-state index in [1.807, 2.05) is 32.9 Å². The van der Waals surface area contributed by atoms with Crippen molar-refractivity contribution >= 4 is 52.3 Å². The van der Waals surface area contributed by atoms with E-state index in [2.05, 4.69) is 19.6 Å². The molecular weight excluding hydrogens is 1000 g/mol. The number of esters is 1. The summed E-state index contributed by atoms with van der Waals surface area (Å²) >= 11 is 13.7. The number of hydrogen-bond donors (Lipinski definition) is 3. The molecule has 418 valence electrons. The van der Waals surface area contributed by atoms with Gasteiger partial charge >= 0.3 is 5.97 Å². The fourth-order valence-corrected chi connectivity index (χ4v) is 12.5. The van der Waals surface area contributed by atoms with E-state index < -0.39 is 84.1 Å². The highest BCUT2D eigenvalue weighted by Crippen LogP contribution is 2.42. The van der Waals surface area contributed by atoms with Crippen molar-refractivity contribution in [1.82, 2.24) is 4.90 Å². The third kappa shape index (κ3) is 14.4. The molecule has 1 aromatic rings. The maximum atomic E-state index is 14.5. The molecule has 4 bridgehead atoms. The predicted octanol–water partition coefficient (Wildman–Crippen LogP) is 9.11. The second-order valence-corrected chi connectivity index (χ2v) is 23.1. The lowest BCUT2D eigenvalue weighted by atomic mass is 9.78. The summed E-state index contributed by atoms with van der Waals surface area (Å²) in [5.41, 5.74) is 2.45. The van der Waals surface area contributed by atoms with Crippen LogP contribution in [-0.2, 0) is 47.7 Å². The van der Waals surface area contributed by atoms with E-state index in [1.165, 1.54) is 12.0 Å². The van der Waals surface area contributed by atoms with Crippen LogP contribution >= 0.6 is 23.2 Å². The molecule has 0 aromatic heterocycles. The molecule has 1 saturated carbocycles. The second-order valence-electron chi connectivity index (χ2n) is 22.3. The first-order valence-electron chi connectivity index (χ1n) is 27.1. The Morgan fingerprint density at radius 3 is 2.24 bits per heavy atom. The zero-order chi connectivity index (χ0) is 55.1. The number of halogens is 2. The maximum Gasteiger partial charge on any atom is 0.329 e. The Labute approximate surface area is 454 Å². The molecule has 2 saturated heterocycles. The highest BCUT2D eigenvalue weighted by atomic mass is 35.5.